The van der Waals surface area contributed by atoms with Gasteiger partial charge < -0.3 is 9.15 Å². The van der Waals surface area contributed by atoms with E-state index in [1.165, 1.54) is 13.2 Å². The predicted octanol–water partition coefficient (Wildman–Crippen LogP) is 3.10. The smallest absolute Gasteiger partial charge is 0.339 e. The second-order valence-corrected chi connectivity index (χ2v) is 3.39. The van der Waals surface area contributed by atoms with Crippen LogP contribution in [0.4, 0.5) is 0 Å². The first kappa shape index (κ1) is 13.0. The van der Waals surface area contributed by atoms with Crippen LogP contribution in [0.2, 0.25) is 0 Å². The van der Waals surface area contributed by atoms with Crippen molar-refractivity contribution in [3.63, 3.8) is 0 Å². The lowest BCUT2D eigenvalue weighted by atomic mass is 10.2. The van der Waals surface area contributed by atoms with Gasteiger partial charge in [-0.15, -0.1) is 0 Å². The minimum Gasteiger partial charge on any atom is -0.496 e. The molecule has 0 saturated heterocycles. The van der Waals surface area contributed by atoms with E-state index in [2.05, 4.69) is 0 Å². The molecule has 3 nitrogen and oxygen atoms in total. The van der Waals surface area contributed by atoms with Gasteiger partial charge in [0, 0.05) is 5.56 Å². The van der Waals surface area contributed by atoms with E-state index >= 15 is 0 Å². The number of ether oxygens (including phenoxy) is 1. The van der Waals surface area contributed by atoms with Gasteiger partial charge in [0.15, 0.2) is 0 Å². The zero-order valence-electron chi connectivity index (χ0n) is 10.3. The third-order valence-corrected chi connectivity index (χ3v) is 2.19. The Kier molecular flexibility index (Phi) is 5.01. The molecule has 90 valence electrons. The summed E-state index contributed by atoms with van der Waals surface area (Å²) >= 11 is 0. The second-order valence-electron chi connectivity index (χ2n) is 3.39. The third-order valence-electron chi connectivity index (χ3n) is 2.19. The summed E-state index contributed by atoms with van der Waals surface area (Å²) in [5.74, 6) is 1.05. The highest BCUT2D eigenvalue weighted by atomic mass is 16.5. The van der Waals surface area contributed by atoms with Crippen molar-refractivity contribution in [2.75, 3.05) is 7.11 Å². The molecule has 0 aliphatic rings. The third kappa shape index (κ3) is 3.79. The van der Waals surface area contributed by atoms with E-state index in [1.54, 1.807) is 6.08 Å². The van der Waals surface area contributed by atoms with Crippen LogP contribution in [0.5, 0.6) is 5.75 Å². The van der Waals surface area contributed by atoms with Gasteiger partial charge in [-0.25, -0.2) is 4.79 Å². The second kappa shape index (κ2) is 6.53. The lowest BCUT2D eigenvalue weighted by molar-refractivity contribution is 0.396. The van der Waals surface area contributed by atoms with E-state index in [9.17, 15) is 4.79 Å². The van der Waals surface area contributed by atoms with Gasteiger partial charge in [0.25, 0.3) is 0 Å². The van der Waals surface area contributed by atoms with Crippen molar-refractivity contribution in [3.8, 4) is 5.75 Å². The van der Waals surface area contributed by atoms with E-state index in [1.807, 2.05) is 44.2 Å². The number of methoxy groups -OCH3 is 1. The van der Waals surface area contributed by atoms with Gasteiger partial charge in [-0.3, -0.25) is 0 Å². The Morgan fingerprint density at radius 2 is 1.94 bits per heavy atom. The highest BCUT2D eigenvalue weighted by Gasteiger charge is 2.06. The number of rotatable bonds is 4. The SMILES string of the molecule is C/C=C/C=C/C=C/c1oc(=O)cc(OC)c1C. The molecule has 3 heteroatoms. The fourth-order valence-electron chi connectivity index (χ4n) is 1.30. The van der Waals surface area contributed by atoms with Crippen molar-refractivity contribution in [2.24, 2.45) is 0 Å². The van der Waals surface area contributed by atoms with Crippen LogP contribution in [-0.4, -0.2) is 7.11 Å². The molecule has 17 heavy (non-hydrogen) atoms. The molecule has 0 amide bonds. The van der Waals surface area contributed by atoms with Gasteiger partial charge in [-0.2, -0.15) is 0 Å². The quantitative estimate of drug-likeness (QED) is 0.749. The van der Waals surface area contributed by atoms with Gasteiger partial charge in [0.1, 0.15) is 11.5 Å². The average molecular weight is 232 g/mol. The first-order chi connectivity index (χ1) is 8.19. The molecular formula is C14H16O3. The maximum atomic E-state index is 11.2. The first-order valence-corrected chi connectivity index (χ1v) is 5.33. The van der Waals surface area contributed by atoms with E-state index in [4.69, 9.17) is 9.15 Å². The number of allylic oxidation sites excluding steroid dienone is 5. The Morgan fingerprint density at radius 3 is 2.59 bits per heavy atom. The van der Waals surface area contributed by atoms with Crippen LogP contribution in [0, 0.1) is 6.92 Å². The lowest BCUT2D eigenvalue weighted by Gasteiger charge is -2.04. The van der Waals surface area contributed by atoms with Crippen LogP contribution in [-0.2, 0) is 0 Å². The van der Waals surface area contributed by atoms with E-state index < -0.39 is 5.63 Å². The molecule has 0 radical (unpaired) electrons. The molecule has 0 aliphatic carbocycles. The Bertz CT molecular complexity index is 505. The van der Waals surface area contributed by atoms with Crippen molar-refractivity contribution in [1.29, 1.82) is 0 Å². The van der Waals surface area contributed by atoms with E-state index in [-0.39, 0.29) is 0 Å². The van der Waals surface area contributed by atoms with Crippen LogP contribution >= 0.6 is 0 Å². The first-order valence-electron chi connectivity index (χ1n) is 5.33. The van der Waals surface area contributed by atoms with Crippen LogP contribution < -0.4 is 10.4 Å². The lowest BCUT2D eigenvalue weighted by Crippen LogP contribution is -2.02. The Hall–Kier alpha value is -2.03. The van der Waals surface area contributed by atoms with Gasteiger partial charge in [0.05, 0.1) is 13.2 Å². The Balaban J connectivity index is 2.98. The van der Waals surface area contributed by atoms with E-state index in [0.717, 1.165) is 5.56 Å². The molecule has 0 bridgehead atoms. The normalized spacial score (nSPS) is 11.9. The molecule has 0 N–H and O–H groups in total. The molecule has 0 unspecified atom stereocenters. The summed E-state index contributed by atoms with van der Waals surface area (Å²) < 4.78 is 10.2. The Morgan fingerprint density at radius 1 is 1.24 bits per heavy atom. The summed E-state index contributed by atoms with van der Waals surface area (Å²) in [6.45, 7) is 3.79. The zero-order chi connectivity index (χ0) is 12.7. The molecule has 0 aromatic carbocycles. The predicted molar refractivity (Wildman–Crippen MR) is 69.3 cm³/mol. The molecule has 0 aliphatic heterocycles. The van der Waals surface area contributed by atoms with Crippen LogP contribution in [0.1, 0.15) is 18.2 Å². The highest BCUT2D eigenvalue weighted by molar-refractivity contribution is 5.52. The molecule has 1 heterocycles. The minimum atomic E-state index is -0.412. The van der Waals surface area contributed by atoms with Crippen molar-refractivity contribution >= 4 is 6.08 Å². The number of hydrogen-bond donors (Lipinski definition) is 0. The van der Waals surface area contributed by atoms with Gasteiger partial charge >= 0.3 is 5.63 Å². The van der Waals surface area contributed by atoms with Gasteiger partial charge in [-0.1, -0.05) is 30.4 Å². The molecule has 1 aromatic heterocycles. The molecule has 0 spiro atoms. The summed E-state index contributed by atoms with van der Waals surface area (Å²) in [6, 6.07) is 1.34. The van der Waals surface area contributed by atoms with Gasteiger partial charge in [-0.05, 0) is 19.9 Å². The van der Waals surface area contributed by atoms with Crippen molar-refractivity contribution in [1.82, 2.24) is 0 Å². The van der Waals surface area contributed by atoms with Crippen LogP contribution in [0.15, 0.2) is 45.7 Å². The Labute approximate surface area is 101 Å². The monoisotopic (exact) mass is 232 g/mol. The molecular weight excluding hydrogens is 216 g/mol. The van der Waals surface area contributed by atoms with Crippen LogP contribution in [0.25, 0.3) is 6.08 Å². The summed E-state index contributed by atoms with van der Waals surface area (Å²) in [4.78, 5) is 11.2. The van der Waals surface area contributed by atoms with Gasteiger partial charge in [0.2, 0.25) is 0 Å². The van der Waals surface area contributed by atoms with Crippen LogP contribution in [0.3, 0.4) is 0 Å². The summed E-state index contributed by atoms with van der Waals surface area (Å²) in [6.07, 6.45) is 11.1. The standard InChI is InChI=1S/C14H16O3/c1-4-5-6-7-8-9-12-11(2)13(16-3)10-14(15)17-12/h4-10H,1-3H3/b5-4+,7-6+,9-8+. The largest absolute Gasteiger partial charge is 0.496 e. The summed E-state index contributed by atoms with van der Waals surface area (Å²) in [5.41, 5.74) is 0.396. The maximum absolute atomic E-state index is 11.2. The molecule has 0 fully saturated rings. The van der Waals surface area contributed by atoms with Crippen molar-refractivity contribution in [2.45, 2.75) is 13.8 Å². The maximum Gasteiger partial charge on any atom is 0.339 e. The molecule has 1 aromatic rings. The molecule has 1 rings (SSSR count). The van der Waals surface area contributed by atoms with Crippen molar-refractivity contribution < 1.29 is 9.15 Å². The summed E-state index contributed by atoms with van der Waals surface area (Å²) in [7, 11) is 1.53. The minimum absolute atomic E-state index is 0.412. The number of hydrogen-bond acceptors (Lipinski definition) is 3. The average Bonchev–Trinajstić information content (AvgIpc) is 2.32. The topological polar surface area (TPSA) is 39.4 Å². The fraction of sp³-hybridized carbons (Fsp3) is 0.214. The zero-order valence-corrected chi connectivity index (χ0v) is 10.3. The van der Waals surface area contributed by atoms with E-state index in [0.29, 0.717) is 11.5 Å². The highest BCUT2D eigenvalue weighted by Crippen LogP contribution is 2.19. The van der Waals surface area contributed by atoms with Crippen molar-refractivity contribution in [3.05, 3.63) is 58.2 Å². The molecule has 0 saturated carbocycles. The summed E-state index contributed by atoms with van der Waals surface area (Å²) in [5, 5.41) is 0. The fourth-order valence-corrected chi connectivity index (χ4v) is 1.30. The molecule has 0 atom stereocenters.